The first kappa shape index (κ1) is 19.7. The molecule has 2 heterocycles. The number of ether oxygens (including phenoxy) is 3. The summed E-state index contributed by atoms with van der Waals surface area (Å²) in [6, 6.07) is 6.88. The smallest absolute Gasteiger partial charge is 0.307 e. The third kappa shape index (κ3) is 4.37. The van der Waals surface area contributed by atoms with Crippen molar-refractivity contribution in [2.24, 2.45) is 5.92 Å². The van der Waals surface area contributed by atoms with Gasteiger partial charge in [0.1, 0.15) is 11.4 Å². The van der Waals surface area contributed by atoms with Gasteiger partial charge in [0.25, 0.3) is 5.91 Å². The van der Waals surface area contributed by atoms with Crippen molar-refractivity contribution >= 4 is 23.5 Å². The van der Waals surface area contributed by atoms with Crippen LogP contribution >= 0.6 is 0 Å². The van der Waals surface area contributed by atoms with Gasteiger partial charge < -0.3 is 24.4 Å². The SMILES string of the molecule is O=C1CC(C(=O)Nc2ccc(OCC(=O)N3CCOCC3)cc2)C2(CCCC2)O1. The van der Waals surface area contributed by atoms with Gasteiger partial charge in [0.05, 0.1) is 25.6 Å². The topological polar surface area (TPSA) is 94.2 Å². The second-order valence-electron chi connectivity index (χ2n) is 7.80. The lowest BCUT2D eigenvalue weighted by Crippen LogP contribution is -2.42. The number of amides is 2. The van der Waals surface area contributed by atoms with Crippen molar-refractivity contribution in [3.05, 3.63) is 24.3 Å². The number of hydrogen-bond acceptors (Lipinski definition) is 6. The van der Waals surface area contributed by atoms with Crippen LogP contribution in [-0.4, -0.2) is 61.2 Å². The predicted molar refractivity (Wildman–Crippen MR) is 103 cm³/mol. The van der Waals surface area contributed by atoms with Gasteiger partial charge in [0, 0.05) is 18.8 Å². The van der Waals surface area contributed by atoms with Gasteiger partial charge in [-0.05, 0) is 49.9 Å². The molecule has 4 rings (SSSR count). The van der Waals surface area contributed by atoms with Crippen LogP contribution in [0, 0.1) is 5.92 Å². The molecule has 1 saturated carbocycles. The lowest BCUT2D eigenvalue weighted by atomic mass is 9.85. The van der Waals surface area contributed by atoms with Crippen LogP contribution in [0.15, 0.2) is 24.3 Å². The van der Waals surface area contributed by atoms with Crippen molar-refractivity contribution in [2.75, 3.05) is 38.2 Å². The number of anilines is 1. The minimum Gasteiger partial charge on any atom is -0.484 e. The molecule has 2 saturated heterocycles. The number of rotatable bonds is 5. The number of benzene rings is 1. The van der Waals surface area contributed by atoms with Gasteiger partial charge >= 0.3 is 5.97 Å². The van der Waals surface area contributed by atoms with Crippen molar-refractivity contribution in [3.8, 4) is 5.75 Å². The summed E-state index contributed by atoms with van der Waals surface area (Å²) in [4.78, 5) is 38.4. The molecule has 1 spiro atoms. The number of hydrogen-bond donors (Lipinski definition) is 1. The van der Waals surface area contributed by atoms with Crippen molar-refractivity contribution in [1.29, 1.82) is 0 Å². The molecule has 2 amide bonds. The number of esters is 1. The molecule has 0 aromatic heterocycles. The first-order chi connectivity index (χ1) is 14.1. The summed E-state index contributed by atoms with van der Waals surface area (Å²) in [5, 5.41) is 2.88. The highest BCUT2D eigenvalue weighted by atomic mass is 16.6. The molecule has 3 fully saturated rings. The molecule has 1 aromatic carbocycles. The Labute approximate surface area is 169 Å². The molecule has 1 aliphatic carbocycles. The molecule has 0 radical (unpaired) electrons. The summed E-state index contributed by atoms with van der Waals surface area (Å²) in [5.74, 6) is -0.441. The molecule has 3 aliphatic rings. The van der Waals surface area contributed by atoms with E-state index in [2.05, 4.69) is 5.32 Å². The highest BCUT2D eigenvalue weighted by Crippen LogP contribution is 2.45. The molecule has 0 bridgehead atoms. The average Bonchev–Trinajstić information content (AvgIpc) is 3.34. The van der Waals surface area contributed by atoms with Crippen LogP contribution in [0.4, 0.5) is 5.69 Å². The van der Waals surface area contributed by atoms with E-state index in [0.29, 0.717) is 37.7 Å². The minimum absolute atomic E-state index is 0.0320. The fraction of sp³-hybridized carbons (Fsp3) is 0.571. The van der Waals surface area contributed by atoms with Gasteiger partial charge in [0.15, 0.2) is 6.61 Å². The monoisotopic (exact) mass is 402 g/mol. The van der Waals surface area contributed by atoms with Gasteiger partial charge in [-0.1, -0.05) is 0 Å². The van der Waals surface area contributed by atoms with E-state index < -0.39 is 11.5 Å². The molecule has 1 aromatic rings. The van der Waals surface area contributed by atoms with E-state index in [1.165, 1.54) is 0 Å². The summed E-state index contributed by atoms with van der Waals surface area (Å²) < 4.78 is 16.3. The predicted octanol–water partition coefficient (Wildman–Crippen LogP) is 1.74. The Morgan fingerprint density at radius 2 is 1.83 bits per heavy atom. The van der Waals surface area contributed by atoms with Crippen LogP contribution in [0.25, 0.3) is 0 Å². The van der Waals surface area contributed by atoms with Crippen LogP contribution in [0.1, 0.15) is 32.1 Å². The van der Waals surface area contributed by atoms with Gasteiger partial charge in [-0.3, -0.25) is 14.4 Å². The number of carbonyl (C=O) groups excluding carboxylic acids is 3. The standard InChI is InChI=1S/C21H26N2O6/c24-18(23-9-11-27-12-10-23)14-28-16-5-3-15(4-6-16)22-20(26)17-13-19(25)29-21(17)7-1-2-8-21/h3-6,17H,1-2,7-14H2,(H,22,26). The zero-order valence-corrected chi connectivity index (χ0v) is 16.4. The maximum atomic E-state index is 12.8. The van der Waals surface area contributed by atoms with E-state index in [4.69, 9.17) is 14.2 Å². The maximum Gasteiger partial charge on any atom is 0.307 e. The molecule has 29 heavy (non-hydrogen) atoms. The van der Waals surface area contributed by atoms with E-state index in [0.717, 1.165) is 25.7 Å². The van der Waals surface area contributed by atoms with Crippen LogP contribution in [0.5, 0.6) is 5.75 Å². The lowest BCUT2D eigenvalue weighted by molar-refractivity contribution is -0.149. The Bertz CT molecular complexity index is 766. The first-order valence-corrected chi connectivity index (χ1v) is 10.2. The third-order valence-electron chi connectivity index (χ3n) is 5.94. The number of nitrogens with zero attached hydrogens (tertiary/aromatic N) is 1. The summed E-state index contributed by atoms with van der Waals surface area (Å²) in [6.45, 7) is 2.25. The van der Waals surface area contributed by atoms with Crippen molar-refractivity contribution < 1.29 is 28.6 Å². The molecule has 8 nitrogen and oxygen atoms in total. The van der Waals surface area contributed by atoms with Gasteiger partial charge in [-0.25, -0.2) is 0 Å². The zero-order chi connectivity index (χ0) is 20.3. The third-order valence-corrected chi connectivity index (χ3v) is 5.94. The molecule has 1 N–H and O–H groups in total. The van der Waals surface area contributed by atoms with Gasteiger partial charge in [0.2, 0.25) is 5.91 Å². The van der Waals surface area contributed by atoms with Crippen molar-refractivity contribution in [3.63, 3.8) is 0 Å². The van der Waals surface area contributed by atoms with Gasteiger partial charge in [-0.15, -0.1) is 0 Å². The summed E-state index contributed by atoms with van der Waals surface area (Å²) in [7, 11) is 0. The Kier molecular flexibility index (Phi) is 5.71. The molecular formula is C21H26N2O6. The quantitative estimate of drug-likeness (QED) is 0.754. The number of morpholine rings is 1. The van der Waals surface area contributed by atoms with E-state index >= 15 is 0 Å². The maximum absolute atomic E-state index is 12.8. The molecular weight excluding hydrogens is 376 g/mol. The normalized spacial score (nSPS) is 23.1. The Morgan fingerprint density at radius 1 is 1.14 bits per heavy atom. The van der Waals surface area contributed by atoms with Crippen molar-refractivity contribution in [1.82, 2.24) is 4.90 Å². The minimum atomic E-state index is -0.621. The number of nitrogens with one attached hydrogen (secondary N) is 1. The molecule has 1 atom stereocenters. The largest absolute Gasteiger partial charge is 0.484 e. The number of carbonyl (C=O) groups is 3. The van der Waals surface area contributed by atoms with E-state index in [9.17, 15) is 14.4 Å². The fourth-order valence-corrected chi connectivity index (χ4v) is 4.36. The summed E-state index contributed by atoms with van der Waals surface area (Å²) in [5.41, 5.74) is -0.00119. The second kappa shape index (κ2) is 8.41. The molecule has 156 valence electrons. The van der Waals surface area contributed by atoms with E-state index in [1.54, 1.807) is 29.2 Å². The van der Waals surface area contributed by atoms with Crippen LogP contribution in [-0.2, 0) is 23.9 Å². The Balaban J connectivity index is 1.30. The average molecular weight is 402 g/mol. The van der Waals surface area contributed by atoms with Gasteiger partial charge in [-0.2, -0.15) is 0 Å². The zero-order valence-electron chi connectivity index (χ0n) is 16.4. The Hall–Kier alpha value is -2.61. The molecule has 2 aliphatic heterocycles. The summed E-state index contributed by atoms with van der Waals surface area (Å²) >= 11 is 0. The van der Waals surface area contributed by atoms with Crippen LogP contribution in [0.3, 0.4) is 0 Å². The van der Waals surface area contributed by atoms with E-state index in [1.807, 2.05) is 0 Å². The first-order valence-electron chi connectivity index (χ1n) is 10.2. The molecule has 8 heteroatoms. The van der Waals surface area contributed by atoms with E-state index in [-0.39, 0.29) is 30.8 Å². The van der Waals surface area contributed by atoms with Crippen LogP contribution < -0.4 is 10.1 Å². The van der Waals surface area contributed by atoms with Crippen LogP contribution in [0.2, 0.25) is 0 Å². The highest BCUT2D eigenvalue weighted by molar-refractivity contribution is 5.97. The molecule has 1 unspecified atom stereocenters. The lowest BCUT2D eigenvalue weighted by Gasteiger charge is -2.28. The fourth-order valence-electron chi connectivity index (χ4n) is 4.36. The summed E-state index contributed by atoms with van der Waals surface area (Å²) in [6.07, 6.45) is 3.59. The second-order valence-corrected chi connectivity index (χ2v) is 7.80. The van der Waals surface area contributed by atoms with Crippen molar-refractivity contribution in [2.45, 2.75) is 37.7 Å². The highest BCUT2D eigenvalue weighted by Gasteiger charge is 2.53. The Morgan fingerprint density at radius 3 is 2.52 bits per heavy atom.